The summed E-state index contributed by atoms with van der Waals surface area (Å²) in [7, 11) is 6.79. The Kier molecular flexibility index (Phi) is 9.48. The van der Waals surface area contributed by atoms with Crippen molar-refractivity contribution in [3.63, 3.8) is 0 Å². The number of ether oxygens (including phenoxy) is 3. The van der Waals surface area contributed by atoms with Crippen LogP contribution >= 0.6 is 0 Å². The number of hydrogen-bond donors (Lipinski definition) is 2. The van der Waals surface area contributed by atoms with Crippen molar-refractivity contribution in [2.24, 2.45) is 4.99 Å². The number of benzene rings is 2. The summed E-state index contributed by atoms with van der Waals surface area (Å²) in [5.74, 6) is 2.74. The van der Waals surface area contributed by atoms with Crippen LogP contribution in [-0.4, -0.2) is 58.2 Å². The molecule has 2 aromatic rings. The van der Waals surface area contributed by atoms with Crippen molar-refractivity contribution in [2.75, 3.05) is 41.5 Å². The molecule has 0 spiro atoms. The van der Waals surface area contributed by atoms with E-state index in [9.17, 15) is 4.79 Å². The number of nitrogens with one attached hydrogen (secondary N) is 2. The second-order valence-electron chi connectivity index (χ2n) is 6.83. The molecule has 0 saturated carbocycles. The molecule has 8 heteroatoms. The van der Waals surface area contributed by atoms with Gasteiger partial charge in [-0.25, -0.2) is 4.99 Å². The van der Waals surface area contributed by atoms with Gasteiger partial charge in [0.05, 0.1) is 21.3 Å². The van der Waals surface area contributed by atoms with E-state index < -0.39 is 0 Å². The molecule has 0 heterocycles. The first-order valence-corrected chi connectivity index (χ1v) is 10.1. The van der Waals surface area contributed by atoms with Gasteiger partial charge in [-0.3, -0.25) is 4.79 Å². The van der Waals surface area contributed by atoms with Crippen LogP contribution in [-0.2, 0) is 17.9 Å². The van der Waals surface area contributed by atoms with E-state index in [0.717, 1.165) is 28.4 Å². The summed E-state index contributed by atoms with van der Waals surface area (Å²) in [5, 5.41) is 6.11. The zero-order chi connectivity index (χ0) is 22.6. The Labute approximate surface area is 184 Å². The quantitative estimate of drug-likeness (QED) is 0.447. The molecule has 0 saturated heterocycles. The Bertz CT molecular complexity index is 868. The van der Waals surface area contributed by atoms with Gasteiger partial charge < -0.3 is 29.7 Å². The fraction of sp³-hybridized carbons (Fsp3) is 0.391. The fourth-order valence-electron chi connectivity index (χ4n) is 2.93. The third kappa shape index (κ3) is 7.40. The number of guanidine groups is 1. The van der Waals surface area contributed by atoms with E-state index in [0.29, 0.717) is 25.6 Å². The van der Waals surface area contributed by atoms with E-state index in [1.54, 1.807) is 21.3 Å². The van der Waals surface area contributed by atoms with Gasteiger partial charge in [0.25, 0.3) is 0 Å². The number of amides is 1. The maximum absolute atomic E-state index is 12.3. The molecule has 0 aromatic heterocycles. The summed E-state index contributed by atoms with van der Waals surface area (Å²) in [6.45, 7) is 3.71. The third-order valence-electron chi connectivity index (χ3n) is 4.62. The van der Waals surface area contributed by atoms with Crippen LogP contribution in [0.25, 0.3) is 0 Å². The van der Waals surface area contributed by atoms with Gasteiger partial charge in [-0.1, -0.05) is 12.1 Å². The Morgan fingerprint density at radius 3 is 2.26 bits per heavy atom. The number of carbonyl (C=O) groups is 1. The predicted octanol–water partition coefficient (Wildman–Crippen LogP) is 2.43. The van der Waals surface area contributed by atoms with Crippen LogP contribution in [0.3, 0.4) is 0 Å². The highest BCUT2D eigenvalue weighted by Crippen LogP contribution is 2.25. The highest BCUT2D eigenvalue weighted by Gasteiger charge is 2.12. The molecule has 31 heavy (non-hydrogen) atoms. The zero-order valence-electron chi connectivity index (χ0n) is 18.9. The fourth-order valence-corrected chi connectivity index (χ4v) is 2.93. The maximum atomic E-state index is 12.3. The smallest absolute Gasteiger partial charge is 0.242 e. The molecular weight excluding hydrogens is 396 g/mol. The molecule has 0 aliphatic heterocycles. The summed E-state index contributed by atoms with van der Waals surface area (Å²) in [5.41, 5.74) is 1.98. The normalized spacial score (nSPS) is 10.9. The Hall–Kier alpha value is -3.42. The number of rotatable bonds is 10. The summed E-state index contributed by atoms with van der Waals surface area (Å²) >= 11 is 0. The van der Waals surface area contributed by atoms with E-state index in [-0.39, 0.29) is 12.5 Å². The highest BCUT2D eigenvalue weighted by atomic mass is 16.5. The van der Waals surface area contributed by atoms with Crippen LogP contribution in [0.15, 0.2) is 47.5 Å². The molecule has 2 rings (SSSR count). The Morgan fingerprint density at radius 2 is 1.65 bits per heavy atom. The summed E-state index contributed by atoms with van der Waals surface area (Å²) in [4.78, 5) is 18.7. The van der Waals surface area contributed by atoms with E-state index in [2.05, 4.69) is 15.6 Å². The lowest BCUT2D eigenvalue weighted by molar-refractivity contribution is -0.119. The van der Waals surface area contributed by atoms with Gasteiger partial charge >= 0.3 is 0 Å². The molecule has 0 unspecified atom stereocenters. The highest BCUT2D eigenvalue weighted by molar-refractivity contribution is 5.84. The number of methoxy groups -OCH3 is 3. The minimum atomic E-state index is -0.151. The third-order valence-corrected chi connectivity index (χ3v) is 4.62. The average molecular weight is 429 g/mol. The molecule has 2 N–H and O–H groups in total. The molecule has 0 bridgehead atoms. The first kappa shape index (κ1) is 23.9. The molecule has 2 aromatic carbocycles. The molecule has 0 fully saturated rings. The zero-order valence-corrected chi connectivity index (χ0v) is 18.9. The van der Waals surface area contributed by atoms with Gasteiger partial charge in [-0.2, -0.15) is 0 Å². The van der Waals surface area contributed by atoms with Crippen LogP contribution in [0, 0.1) is 0 Å². The van der Waals surface area contributed by atoms with E-state index in [1.807, 2.05) is 61.3 Å². The monoisotopic (exact) mass is 428 g/mol. The molecule has 8 nitrogen and oxygen atoms in total. The standard InChI is InChI=1S/C23H32N4O4/c1-6-24-23(27(2)16-18-9-12-20(30-4)13-21(18)31-5)26-15-22(28)25-14-17-7-10-19(29-3)11-8-17/h7-13H,6,14-16H2,1-5H3,(H,24,26)(H,25,28). The largest absolute Gasteiger partial charge is 0.497 e. The van der Waals surface area contributed by atoms with Crippen LogP contribution < -0.4 is 24.8 Å². The van der Waals surface area contributed by atoms with E-state index >= 15 is 0 Å². The molecular formula is C23H32N4O4. The van der Waals surface area contributed by atoms with Crippen molar-refractivity contribution < 1.29 is 19.0 Å². The number of hydrogen-bond acceptors (Lipinski definition) is 5. The minimum Gasteiger partial charge on any atom is -0.497 e. The number of carbonyl (C=O) groups excluding carboxylic acids is 1. The number of nitrogens with zero attached hydrogens (tertiary/aromatic N) is 2. The van der Waals surface area contributed by atoms with Crippen molar-refractivity contribution in [1.82, 2.24) is 15.5 Å². The lowest BCUT2D eigenvalue weighted by Gasteiger charge is -2.23. The summed E-state index contributed by atoms with van der Waals surface area (Å²) < 4.78 is 15.9. The average Bonchev–Trinajstić information content (AvgIpc) is 2.80. The van der Waals surface area contributed by atoms with Crippen LogP contribution in [0.5, 0.6) is 17.2 Å². The van der Waals surface area contributed by atoms with E-state index in [1.165, 1.54) is 0 Å². The first-order chi connectivity index (χ1) is 15.0. The van der Waals surface area contributed by atoms with E-state index in [4.69, 9.17) is 14.2 Å². The maximum Gasteiger partial charge on any atom is 0.242 e. The van der Waals surface area contributed by atoms with Crippen LogP contribution in [0.1, 0.15) is 18.1 Å². The number of aliphatic imine (C=N–C) groups is 1. The van der Waals surface area contributed by atoms with Crippen molar-refractivity contribution in [2.45, 2.75) is 20.0 Å². The lowest BCUT2D eigenvalue weighted by atomic mass is 10.2. The predicted molar refractivity (Wildman–Crippen MR) is 122 cm³/mol. The van der Waals surface area contributed by atoms with Crippen molar-refractivity contribution in [3.8, 4) is 17.2 Å². The van der Waals surface area contributed by atoms with Gasteiger partial charge in [0.1, 0.15) is 23.8 Å². The second-order valence-corrected chi connectivity index (χ2v) is 6.83. The first-order valence-electron chi connectivity index (χ1n) is 10.1. The topological polar surface area (TPSA) is 84.4 Å². The van der Waals surface area contributed by atoms with Gasteiger partial charge in [-0.05, 0) is 36.8 Å². The SMILES string of the molecule is CCNC(=NCC(=O)NCc1ccc(OC)cc1)N(C)Cc1ccc(OC)cc1OC. The summed E-state index contributed by atoms with van der Waals surface area (Å²) in [6, 6.07) is 13.3. The Morgan fingerprint density at radius 1 is 0.968 bits per heavy atom. The molecule has 0 aliphatic rings. The van der Waals surface area contributed by atoms with Crippen molar-refractivity contribution in [3.05, 3.63) is 53.6 Å². The Balaban J connectivity index is 1.97. The second kappa shape index (κ2) is 12.3. The van der Waals surface area contributed by atoms with Gasteiger partial charge in [-0.15, -0.1) is 0 Å². The lowest BCUT2D eigenvalue weighted by Crippen LogP contribution is -2.39. The molecule has 168 valence electrons. The molecule has 0 atom stereocenters. The van der Waals surface area contributed by atoms with Crippen LogP contribution in [0.4, 0.5) is 0 Å². The molecule has 0 radical (unpaired) electrons. The molecule has 0 aliphatic carbocycles. The molecule has 1 amide bonds. The minimum absolute atomic E-state index is 0.0303. The van der Waals surface area contributed by atoms with Crippen molar-refractivity contribution >= 4 is 11.9 Å². The van der Waals surface area contributed by atoms with Crippen molar-refractivity contribution in [1.29, 1.82) is 0 Å². The van der Waals surface area contributed by atoms with Gasteiger partial charge in [0.15, 0.2) is 5.96 Å². The van der Waals surface area contributed by atoms with Crippen LogP contribution in [0.2, 0.25) is 0 Å². The van der Waals surface area contributed by atoms with Gasteiger partial charge in [0.2, 0.25) is 5.91 Å². The summed E-state index contributed by atoms with van der Waals surface area (Å²) in [6.07, 6.45) is 0. The van der Waals surface area contributed by atoms with Gasteiger partial charge in [0, 0.05) is 38.3 Å².